The Morgan fingerprint density at radius 2 is 1.86 bits per heavy atom. The highest BCUT2D eigenvalue weighted by molar-refractivity contribution is 5.20. The van der Waals surface area contributed by atoms with Gasteiger partial charge in [0.05, 0.1) is 5.69 Å². The van der Waals surface area contributed by atoms with Crippen LogP contribution in [0.1, 0.15) is 37.7 Å². The fraction of sp³-hybridized carbons (Fsp3) is 0.583. The van der Waals surface area contributed by atoms with Gasteiger partial charge in [0, 0.05) is 17.8 Å². The van der Waals surface area contributed by atoms with Crippen LogP contribution >= 0.6 is 0 Å². The minimum atomic E-state index is 0.153. The van der Waals surface area contributed by atoms with Crippen LogP contribution in [-0.4, -0.2) is 10.5 Å². The van der Waals surface area contributed by atoms with Crippen LogP contribution < -0.4 is 5.32 Å². The first kappa shape index (κ1) is 11.2. The van der Waals surface area contributed by atoms with Gasteiger partial charge in [0.2, 0.25) is 0 Å². The van der Waals surface area contributed by atoms with Gasteiger partial charge in [0.25, 0.3) is 0 Å². The molecule has 1 heterocycles. The van der Waals surface area contributed by atoms with Crippen LogP contribution in [0.3, 0.4) is 0 Å². The maximum absolute atomic E-state index is 4.51. The molecule has 0 aliphatic rings. The zero-order valence-corrected chi connectivity index (χ0v) is 9.81. The predicted octanol–water partition coefficient (Wildman–Crippen LogP) is 2.59. The topological polar surface area (TPSA) is 24.9 Å². The largest absolute Gasteiger partial charge is 0.306 e. The minimum Gasteiger partial charge on any atom is -0.306 e. The lowest BCUT2D eigenvalue weighted by atomic mass is 10.1. The Kier molecular flexibility index (Phi) is 3.27. The zero-order chi connectivity index (χ0) is 10.8. The van der Waals surface area contributed by atoms with E-state index in [2.05, 4.69) is 57.1 Å². The summed E-state index contributed by atoms with van der Waals surface area (Å²) in [6.45, 7) is 11.5. The molecule has 1 aromatic rings. The molecule has 2 nitrogen and oxygen atoms in total. The van der Waals surface area contributed by atoms with E-state index in [4.69, 9.17) is 0 Å². The number of hydrogen-bond donors (Lipinski definition) is 1. The molecule has 0 fully saturated rings. The van der Waals surface area contributed by atoms with Crippen molar-refractivity contribution in [3.8, 4) is 0 Å². The van der Waals surface area contributed by atoms with E-state index in [-0.39, 0.29) is 5.54 Å². The van der Waals surface area contributed by atoms with Crippen molar-refractivity contribution in [2.24, 2.45) is 0 Å². The summed E-state index contributed by atoms with van der Waals surface area (Å²) in [7, 11) is 0. The van der Waals surface area contributed by atoms with E-state index in [0.29, 0.717) is 0 Å². The normalized spacial score (nSPS) is 11.8. The van der Waals surface area contributed by atoms with Crippen molar-refractivity contribution < 1.29 is 0 Å². The Morgan fingerprint density at radius 1 is 1.21 bits per heavy atom. The number of nitrogens with one attached hydrogen (secondary N) is 1. The SMILES string of the molecule is Cc1ccc(CNC(C)(C)C)nc1C. The van der Waals surface area contributed by atoms with Gasteiger partial charge in [0.15, 0.2) is 0 Å². The first-order chi connectivity index (χ1) is 6.38. The Morgan fingerprint density at radius 3 is 2.36 bits per heavy atom. The third-order valence-electron chi connectivity index (χ3n) is 2.21. The van der Waals surface area contributed by atoms with Crippen LogP contribution in [0.15, 0.2) is 12.1 Å². The van der Waals surface area contributed by atoms with Gasteiger partial charge in [0.1, 0.15) is 0 Å². The second-order valence-corrected chi connectivity index (χ2v) is 4.81. The zero-order valence-electron chi connectivity index (χ0n) is 9.81. The molecule has 1 rings (SSSR count). The smallest absolute Gasteiger partial charge is 0.0545 e. The minimum absolute atomic E-state index is 0.153. The molecule has 0 radical (unpaired) electrons. The summed E-state index contributed by atoms with van der Waals surface area (Å²) < 4.78 is 0. The van der Waals surface area contributed by atoms with Crippen LogP contribution in [0.2, 0.25) is 0 Å². The van der Waals surface area contributed by atoms with Crippen molar-refractivity contribution in [2.75, 3.05) is 0 Å². The number of hydrogen-bond acceptors (Lipinski definition) is 2. The molecule has 0 unspecified atom stereocenters. The monoisotopic (exact) mass is 192 g/mol. The molecular formula is C12H20N2. The summed E-state index contributed by atoms with van der Waals surface area (Å²) in [5.74, 6) is 0. The highest BCUT2D eigenvalue weighted by atomic mass is 15.0. The molecule has 0 aliphatic carbocycles. The Hall–Kier alpha value is -0.890. The van der Waals surface area contributed by atoms with Crippen molar-refractivity contribution >= 4 is 0 Å². The van der Waals surface area contributed by atoms with Crippen molar-refractivity contribution in [3.05, 3.63) is 29.1 Å². The first-order valence-corrected chi connectivity index (χ1v) is 5.07. The Balaban J connectivity index is 2.65. The maximum atomic E-state index is 4.51. The van der Waals surface area contributed by atoms with E-state index in [0.717, 1.165) is 17.9 Å². The third kappa shape index (κ3) is 3.46. The first-order valence-electron chi connectivity index (χ1n) is 5.07. The lowest BCUT2D eigenvalue weighted by Gasteiger charge is -2.20. The third-order valence-corrected chi connectivity index (χ3v) is 2.21. The molecule has 1 N–H and O–H groups in total. The van der Waals surface area contributed by atoms with Gasteiger partial charge in [-0.2, -0.15) is 0 Å². The molecule has 0 spiro atoms. The number of rotatable bonds is 2. The van der Waals surface area contributed by atoms with E-state index < -0.39 is 0 Å². The summed E-state index contributed by atoms with van der Waals surface area (Å²) >= 11 is 0. The van der Waals surface area contributed by atoms with E-state index in [9.17, 15) is 0 Å². The average molecular weight is 192 g/mol. The molecule has 0 saturated heterocycles. The summed E-state index contributed by atoms with van der Waals surface area (Å²) in [4.78, 5) is 4.51. The lowest BCUT2D eigenvalue weighted by molar-refractivity contribution is 0.421. The Bertz CT molecular complexity index is 311. The van der Waals surface area contributed by atoms with E-state index in [1.165, 1.54) is 5.56 Å². The summed E-state index contributed by atoms with van der Waals surface area (Å²) in [5.41, 5.74) is 3.64. The van der Waals surface area contributed by atoms with E-state index >= 15 is 0 Å². The van der Waals surface area contributed by atoms with Gasteiger partial charge in [-0.15, -0.1) is 0 Å². The lowest BCUT2D eigenvalue weighted by Crippen LogP contribution is -2.35. The molecular weight excluding hydrogens is 172 g/mol. The Labute approximate surface area is 86.8 Å². The van der Waals surface area contributed by atoms with Crippen molar-refractivity contribution in [3.63, 3.8) is 0 Å². The summed E-state index contributed by atoms with van der Waals surface area (Å²) in [5, 5.41) is 3.42. The van der Waals surface area contributed by atoms with Crippen molar-refractivity contribution in [1.82, 2.24) is 10.3 Å². The van der Waals surface area contributed by atoms with E-state index in [1.54, 1.807) is 0 Å². The molecule has 14 heavy (non-hydrogen) atoms. The summed E-state index contributed by atoms with van der Waals surface area (Å²) in [6, 6.07) is 4.21. The summed E-state index contributed by atoms with van der Waals surface area (Å²) in [6.07, 6.45) is 0. The number of aryl methyl sites for hydroxylation is 2. The molecule has 0 bridgehead atoms. The number of aromatic nitrogens is 1. The fourth-order valence-corrected chi connectivity index (χ4v) is 1.14. The molecule has 78 valence electrons. The molecule has 0 saturated carbocycles. The van der Waals surface area contributed by atoms with Crippen molar-refractivity contribution in [2.45, 2.75) is 46.7 Å². The van der Waals surface area contributed by atoms with Gasteiger partial charge in [-0.1, -0.05) is 6.07 Å². The molecule has 0 aromatic carbocycles. The van der Waals surface area contributed by atoms with Gasteiger partial charge in [-0.05, 0) is 46.2 Å². The molecule has 0 atom stereocenters. The molecule has 0 amide bonds. The van der Waals surface area contributed by atoms with Crippen LogP contribution in [0.5, 0.6) is 0 Å². The number of nitrogens with zero attached hydrogens (tertiary/aromatic N) is 1. The maximum Gasteiger partial charge on any atom is 0.0545 e. The predicted molar refractivity (Wildman–Crippen MR) is 60.3 cm³/mol. The molecule has 1 aromatic heterocycles. The second-order valence-electron chi connectivity index (χ2n) is 4.81. The van der Waals surface area contributed by atoms with Crippen LogP contribution in [0, 0.1) is 13.8 Å². The highest BCUT2D eigenvalue weighted by Crippen LogP contribution is 2.06. The van der Waals surface area contributed by atoms with E-state index in [1.807, 2.05) is 0 Å². The quantitative estimate of drug-likeness (QED) is 0.779. The van der Waals surface area contributed by atoms with Gasteiger partial charge in [-0.3, -0.25) is 4.98 Å². The van der Waals surface area contributed by atoms with Crippen LogP contribution in [-0.2, 0) is 6.54 Å². The van der Waals surface area contributed by atoms with Gasteiger partial charge < -0.3 is 5.32 Å². The average Bonchev–Trinajstić information content (AvgIpc) is 2.06. The highest BCUT2D eigenvalue weighted by Gasteiger charge is 2.08. The number of pyridine rings is 1. The van der Waals surface area contributed by atoms with Gasteiger partial charge in [-0.25, -0.2) is 0 Å². The van der Waals surface area contributed by atoms with Crippen LogP contribution in [0.25, 0.3) is 0 Å². The van der Waals surface area contributed by atoms with Crippen LogP contribution in [0.4, 0.5) is 0 Å². The molecule has 2 heteroatoms. The second kappa shape index (κ2) is 4.09. The fourth-order valence-electron chi connectivity index (χ4n) is 1.14. The molecule has 0 aliphatic heterocycles. The van der Waals surface area contributed by atoms with Crippen molar-refractivity contribution in [1.29, 1.82) is 0 Å². The standard InChI is InChI=1S/C12H20N2/c1-9-6-7-11(14-10(9)2)8-13-12(3,4)5/h6-7,13H,8H2,1-5H3. The van der Waals surface area contributed by atoms with Gasteiger partial charge >= 0.3 is 0 Å².